The highest BCUT2D eigenvalue weighted by Crippen LogP contribution is 2.40. The van der Waals surface area contributed by atoms with E-state index in [1.165, 1.54) is 0 Å². The van der Waals surface area contributed by atoms with Crippen LogP contribution in [0.1, 0.15) is 30.4 Å². The first-order chi connectivity index (χ1) is 14.5. The van der Waals surface area contributed by atoms with Crippen molar-refractivity contribution in [3.8, 4) is 0 Å². The summed E-state index contributed by atoms with van der Waals surface area (Å²) in [7, 11) is 0. The van der Waals surface area contributed by atoms with Crippen LogP contribution >= 0.6 is 35.0 Å². The number of fused-ring (bicyclic) bond motifs is 1. The molecule has 0 aromatic heterocycles. The molecule has 2 N–H and O–H groups in total. The van der Waals surface area contributed by atoms with Crippen LogP contribution in [0.4, 0.5) is 0 Å². The summed E-state index contributed by atoms with van der Waals surface area (Å²) in [6.07, 6.45) is 4.26. The van der Waals surface area contributed by atoms with Gasteiger partial charge in [0.15, 0.2) is 0 Å². The maximum absolute atomic E-state index is 12.7. The van der Waals surface area contributed by atoms with Crippen LogP contribution in [0.2, 0.25) is 10.0 Å². The molecular formula is C23H22Cl2N2O2S. The fourth-order valence-electron chi connectivity index (χ4n) is 3.91. The standard InChI is InChI=1S/C23H22Cl2N2O2S/c24-17-7-4-14(5-8-17)13-26-22(28)16-6-9-20-19(12-16)27-23(29)21(30-20)11-15-2-1-3-18(25)10-15/h1-5,7-8,10-11,16,19-20H,6,9,12-13H2,(H,26,28)(H,27,29)/b21-11+. The second kappa shape index (κ2) is 9.46. The van der Waals surface area contributed by atoms with Crippen LogP contribution in [0.3, 0.4) is 0 Å². The number of rotatable bonds is 4. The Morgan fingerprint density at radius 1 is 1.13 bits per heavy atom. The van der Waals surface area contributed by atoms with Crippen molar-refractivity contribution in [2.24, 2.45) is 5.92 Å². The number of nitrogens with one attached hydrogen (secondary N) is 2. The molecule has 0 radical (unpaired) electrons. The minimum atomic E-state index is -0.0853. The molecule has 4 nitrogen and oxygen atoms in total. The highest BCUT2D eigenvalue weighted by Gasteiger charge is 2.39. The molecule has 2 aromatic carbocycles. The summed E-state index contributed by atoms with van der Waals surface area (Å²) in [5, 5.41) is 7.74. The van der Waals surface area contributed by atoms with Crippen molar-refractivity contribution in [1.82, 2.24) is 10.6 Å². The van der Waals surface area contributed by atoms with E-state index in [0.717, 1.165) is 24.0 Å². The van der Waals surface area contributed by atoms with Gasteiger partial charge in [-0.15, -0.1) is 11.8 Å². The summed E-state index contributed by atoms with van der Waals surface area (Å²) >= 11 is 13.6. The number of benzene rings is 2. The van der Waals surface area contributed by atoms with Crippen molar-refractivity contribution >= 4 is 52.9 Å². The van der Waals surface area contributed by atoms with Crippen molar-refractivity contribution in [1.29, 1.82) is 0 Å². The summed E-state index contributed by atoms with van der Waals surface area (Å²) in [6.45, 7) is 0.480. The summed E-state index contributed by atoms with van der Waals surface area (Å²) < 4.78 is 0. The number of hydrogen-bond acceptors (Lipinski definition) is 3. The number of halogens is 2. The first-order valence-corrected chi connectivity index (χ1v) is 11.6. The van der Waals surface area contributed by atoms with E-state index in [1.54, 1.807) is 11.8 Å². The fraction of sp³-hybridized carbons (Fsp3) is 0.304. The van der Waals surface area contributed by atoms with Crippen molar-refractivity contribution in [2.45, 2.75) is 37.1 Å². The minimum Gasteiger partial charge on any atom is -0.352 e. The van der Waals surface area contributed by atoms with E-state index >= 15 is 0 Å². The molecule has 1 aliphatic heterocycles. The Morgan fingerprint density at radius 2 is 1.93 bits per heavy atom. The Balaban J connectivity index is 1.34. The van der Waals surface area contributed by atoms with Gasteiger partial charge in [0, 0.05) is 33.8 Å². The molecule has 1 heterocycles. The lowest BCUT2D eigenvalue weighted by Crippen LogP contribution is -2.51. The molecular weight excluding hydrogens is 439 g/mol. The molecule has 1 aliphatic carbocycles. The van der Waals surface area contributed by atoms with Crippen LogP contribution in [-0.4, -0.2) is 23.1 Å². The summed E-state index contributed by atoms with van der Waals surface area (Å²) in [4.78, 5) is 26.0. The van der Waals surface area contributed by atoms with Crippen molar-refractivity contribution in [3.05, 3.63) is 74.6 Å². The normalized spacial score (nSPS) is 24.8. The molecule has 1 saturated heterocycles. The molecule has 0 bridgehead atoms. The lowest BCUT2D eigenvalue weighted by atomic mass is 9.84. The van der Waals surface area contributed by atoms with Gasteiger partial charge in [0.05, 0.1) is 4.91 Å². The molecule has 1 saturated carbocycles. The van der Waals surface area contributed by atoms with Gasteiger partial charge in [0.25, 0.3) is 5.91 Å². The molecule has 3 atom stereocenters. The number of thioether (sulfide) groups is 1. The molecule has 2 amide bonds. The predicted molar refractivity (Wildman–Crippen MR) is 123 cm³/mol. The smallest absolute Gasteiger partial charge is 0.257 e. The van der Waals surface area contributed by atoms with Gasteiger partial charge in [-0.1, -0.05) is 47.5 Å². The van der Waals surface area contributed by atoms with Gasteiger partial charge in [-0.05, 0) is 60.7 Å². The van der Waals surface area contributed by atoms with Crippen molar-refractivity contribution in [2.75, 3.05) is 0 Å². The zero-order valence-corrected chi connectivity index (χ0v) is 18.6. The quantitative estimate of drug-likeness (QED) is 0.627. The Morgan fingerprint density at radius 3 is 2.70 bits per heavy atom. The number of hydrogen-bond donors (Lipinski definition) is 2. The van der Waals surface area contributed by atoms with E-state index in [2.05, 4.69) is 10.6 Å². The first-order valence-electron chi connectivity index (χ1n) is 9.95. The average molecular weight is 461 g/mol. The molecule has 4 rings (SSSR count). The van der Waals surface area contributed by atoms with E-state index in [9.17, 15) is 9.59 Å². The van der Waals surface area contributed by atoms with Crippen LogP contribution in [0.15, 0.2) is 53.4 Å². The van der Waals surface area contributed by atoms with Gasteiger partial charge in [-0.25, -0.2) is 0 Å². The summed E-state index contributed by atoms with van der Waals surface area (Å²) in [5.41, 5.74) is 1.92. The van der Waals surface area contributed by atoms with E-state index in [1.807, 2.05) is 54.6 Å². The molecule has 30 heavy (non-hydrogen) atoms. The summed E-state index contributed by atoms with van der Waals surface area (Å²) in [5.74, 6) is -0.121. The van der Waals surface area contributed by atoms with E-state index in [0.29, 0.717) is 27.9 Å². The highest BCUT2D eigenvalue weighted by molar-refractivity contribution is 8.04. The highest BCUT2D eigenvalue weighted by atomic mass is 35.5. The molecule has 7 heteroatoms. The average Bonchev–Trinajstić information content (AvgIpc) is 2.73. The minimum absolute atomic E-state index is 0.0130. The zero-order chi connectivity index (χ0) is 21.1. The molecule has 3 unspecified atom stereocenters. The zero-order valence-electron chi connectivity index (χ0n) is 16.2. The SMILES string of the molecule is O=C1NC2CC(C(=O)NCc3ccc(Cl)cc3)CCC2S/C1=C/c1cccc(Cl)c1. The Hall–Kier alpha value is -1.95. The van der Waals surface area contributed by atoms with Gasteiger partial charge in [0.2, 0.25) is 5.91 Å². The second-order valence-corrected chi connectivity index (χ2v) is 9.81. The number of carbonyl (C=O) groups excluding carboxylic acids is 2. The van der Waals surface area contributed by atoms with Gasteiger partial charge in [-0.2, -0.15) is 0 Å². The van der Waals surface area contributed by atoms with Crippen molar-refractivity contribution < 1.29 is 9.59 Å². The van der Waals surface area contributed by atoms with Crippen LogP contribution in [0, 0.1) is 5.92 Å². The maximum Gasteiger partial charge on any atom is 0.257 e. The van der Waals surface area contributed by atoms with Crippen molar-refractivity contribution in [3.63, 3.8) is 0 Å². The largest absolute Gasteiger partial charge is 0.352 e. The van der Waals surface area contributed by atoms with Gasteiger partial charge < -0.3 is 10.6 Å². The van der Waals surface area contributed by atoms with E-state index in [4.69, 9.17) is 23.2 Å². The predicted octanol–water partition coefficient (Wildman–Crippen LogP) is 5.05. The van der Waals surface area contributed by atoms with E-state index in [-0.39, 0.29) is 29.0 Å². The maximum atomic E-state index is 12.7. The molecule has 0 spiro atoms. The van der Waals surface area contributed by atoms with Gasteiger partial charge >= 0.3 is 0 Å². The van der Waals surface area contributed by atoms with Crippen LogP contribution in [-0.2, 0) is 16.1 Å². The third-order valence-corrected chi connectivity index (χ3v) is 7.41. The third-order valence-electron chi connectivity index (χ3n) is 5.50. The lowest BCUT2D eigenvalue weighted by molar-refractivity contribution is -0.127. The van der Waals surface area contributed by atoms with Crippen LogP contribution < -0.4 is 10.6 Å². The van der Waals surface area contributed by atoms with Gasteiger partial charge in [-0.3, -0.25) is 9.59 Å². The molecule has 2 aromatic rings. The number of carbonyl (C=O) groups is 2. The topological polar surface area (TPSA) is 58.2 Å². The fourth-order valence-corrected chi connectivity index (χ4v) is 5.53. The monoisotopic (exact) mass is 460 g/mol. The lowest BCUT2D eigenvalue weighted by Gasteiger charge is -2.39. The van der Waals surface area contributed by atoms with E-state index < -0.39 is 0 Å². The molecule has 156 valence electrons. The Labute approximate surface area is 190 Å². The summed E-state index contributed by atoms with van der Waals surface area (Å²) in [6, 6.07) is 14.9. The third kappa shape index (κ3) is 5.20. The molecule has 2 fully saturated rings. The second-order valence-electron chi connectivity index (χ2n) is 7.65. The van der Waals surface area contributed by atoms with Gasteiger partial charge in [0.1, 0.15) is 0 Å². The molecule has 2 aliphatic rings. The van der Waals surface area contributed by atoms with Crippen LogP contribution in [0.5, 0.6) is 0 Å². The van der Waals surface area contributed by atoms with Crippen LogP contribution in [0.25, 0.3) is 6.08 Å². The Bertz CT molecular complexity index is 977. The first kappa shape index (κ1) is 21.3. The Kier molecular flexibility index (Phi) is 6.71. The number of amides is 2.